The van der Waals surface area contributed by atoms with Crippen molar-refractivity contribution in [3.8, 4) is 28.6 Å². The van der Waals surface area contributed by atoms with Gasteiger partial charge in [-0.1, -0.05) is 53.7 Å². The van der Waals surface area contributed by atoms with E-state index in [-0.39, 0.29) is 12.5 Å². The van der Waals surface area contributed by atoms with E-state index < -0.39 is 0 Å². The molecule has 0 aliphatic heterocycles. The molecule has 0 bridgehead atoms. The maximum atomic E-state index is 13.3. The summed E-state index contributed by atoms with van der Waals surface area (Å²) in [7, 11) is 4.67. The number of methoxy groups -OCH3 is 3. The first-order valence-electron chi connectivity index (χ1n) is 10.8. The molecule has 3 aromatic carbocycles. The predicted octanol–water partition coefficient (Wildman–Crippen LogP) is 5.21. The van der Waals surface area contributed by atoms with Crippen molar-refractivity contribution in [3.05, 3.63) is 95.7 Å². The molecule has 4 aromatic rings. The van der Waals surface area contributed by atoms with E-state index >= 15 is 0 Å². The molecule has 0 unspecified atom stereocenters. The minimum absolute atomic E-state index is 0.0817. The minimum atomic E-state index is -0.0817. The summed E-state index contributed by atoms with van der Waals surface area (Å²) in [4.78, 5) is 15.0. The van der Waals surface area contributed by atoms with Crippen molar-refractivity contribution in [2.45, 2.75) is 13.1 Å². The SMILES string of the molecule is COc1cc(-c2cc(CN(Cc3ccccc3)C(=O)c3ccccc3)no2)cc(OC)c1OC. The predicted molar refractivity (Wildman–Crippen MR) is 128 cm³/mol. The average molecular weight is 459 g/mol. The fourth-order valence-electron chi connectivity index (χ4n) is 3.71. The molecule has 34 heavy (non-hydrogen) atoms. The zero-order valence-corrected chi connectivity index (χ0v) is 19.4. The summed E-state index contributed by atoms with van der Waals surface area (Å²) >= 11 is 0. The Balaban J connectivity index is 1.62. The van der Waals surface area contributed by atoms with E-state index in [1.54, 1.807) is 38.4 Å². The Kier molecular flexibility index (Phi) is 7.13. The van der Waals surface area contributed by atoms with Crippen LogP contribution in [0.1, 0.15) is 21.6 Å². The van der Waals surface area contributed by atoms with Gasteiger partial charge in [-0.3, -0.25) is 4.79 Å². The molecule has 174 valence electrons. The van der Waals surface area contributed by atoms with E-state index in [9.17, 15) is 4.79 Å². The van der Waals surface area contributed by atoms with Crippen LogP contribution in [0.2, 0.25) is 0 Å². The van der Waals surface area contributed by atoms with Crippen molar-refractivity contribution in [2.24, 2.45) is 0 Å². The molecule has 7 nitrogen and oxygen atoms in total. The molecule has 0 atom stereocenters. The van der Waals surface area contributed by atoms with Crippen LogP contribution in [0.25, 0.3) is 11.3 Å². The molecule has 4 rings (SSSR count). The number of carbonyl (C=O) groups excluding carboxylic acids is 1. The lowest BCUT2D eigenvalue weighted by Crippen LogP contribution is -2.30. The molecule has 0 N–H and O–H groups in total. The highest BCUT2D eigenvalue weighted by atomic mass is 16.5. The lowest BCUT2D eigenvalue weighted by Gasteiger charge is -2.22. The van der Waals surface area contributed by atoms with Crippen LogP contribution in [0, 0.1) is 0 Å². The van der Waals surface area contributed by atoms with Gasteiger partial charge in [-0.25, -0.2) is 0 Å². The average Bonchev–Trinajstić information content (AvgIpc) is 3.36. The van der Waals surface area contributed by atoms with Gasteiger partial charge in [0.2, 0.25) is 5.75 Å². The van der Waals surface area contributed by atoms with E-state index in [1.165, 1.54) is 0 Å². The molecule has 0 aliphatic rings. The van der Waals surface area contributed by atoms with E-state index in [4.69, 9.17) is 18.7 Å². The Labute approximate surface area is 198 Å². The summed E-state index contributed by atoms with van der Waals surface area (Å²) in [5.41, 5.74) is 2.99. The zero-order chi connectivity index (χ0) is 23.9. The van der Waals surface area contributed by atoms with Crippen LogP contribution in [-0.2, 0) is 13.1 Å². The molecule has 0 aliphatic carbocycles. The summed E-state index contributed by atoms with van der Waals surface area (Å²) < 4.78 is 21.9. The molecule has 1 amide bonds. The van der Waals surface area contributed by atoms with Crippen LogP contribution in [0.4, 0.5) is 0 Å². The van der Waals surface area contributed by atoms with Crippen LogP contribution in [-0.4, -0.2) is 37.3 Å². The second kappa shape index (κ2) is 10.6. The van der Waals surface area contributed by atoms with Crippen LogP contribution in [0.5, 0.6) is 17.2 Å². The van der Waals surface area contributed by atoms with Crippen molar-refractivity contribution in [1.29, 1.82) is 0 Å². The number of hydrogen-bond donors (Lipinski definition) is 0. The topological polar surface area (TPSA) is 74.0 Å². The second-order valence-electron chi connectivity index (χ2n) is 7.61. The van der Waals surface area contributed by atoms with Gasteiger partial charge in [0.05, 0.1) is 27.9 Å². The van der Waals surface area contributed by atoms with Gasteiger partial charge in [0.25, 0.3) is 5.91 Å². The molecule has 1 aromatic heterocycles. The first-order valence-corrected chi connectivity index (χ1v) is 10.8. The van der Waals surface area contributed by atoms with Gasteiger partial charge in [0.15, 0.2) is 17.3 Å². The second-order valence-corrected chi connectivity index (χ2v) is 7.61. The van der Waals surface area contributed by atoms with Gasteiger partial charge < -0.3 is 23.6 Å². The highest BCUT2D eigenvalue weighted by molar-refractivity contribution is 5.94. The van der Waals surface area contributed by atoms with Crippen LogP contribution >= 0.6 is 0 Å². The Morgan fingerprint density at radius 3 is 2.03 bits per heavy atom. The fourth-order valence-corrected chi connectivity index (χ4v) is 3.71. The van der Waals surface area contributed by atoms with Gasteiger partial charge in [0.1, 0.15) is 5.69 Å². The molecule has 0 spiro atoms. The molecule has 0 saturated carbocycles. The third-order valence-electron chi connectivity index (χ3n) is 5.39. The van der Waals surface area contributed by atoms with Gasteiger partial charge in [-0.05, 0) is 29.8 Å². The quantitative estimate of drug-likeness (QED) is 0.343. The molecule has 0 fully saturated rings. The first kappa shape index (κ1) is 22.9. The maximum Gasteiger partial charge on any atom is 0.254 e. The van der Waals surface area contributed by atoms with Crippen molar-refractivity contribution < 1.29 is 23.5 Å². The Morgan fingerprint density at radius 2 is 1.44 bits per heavy atom. The van der Waals surface area contributed by atoms with Crippen molar-refractivity contribution in [3.63, 3.8) is 0 Å². The normalized spacial score (nSPS) is 10.6. The molecule has 1 heterocycles. The Hall–Kier alpha value is -4.26. The van der Waals surface area contributed by atoms with Crippen molar-refractivity contribution in [1.82, 2.24) is 10.1 Å². The van der Waals surface area contributed by atoms with E-state index in [2.05, 4.69) is 5.16 Å². The number of aromatic nitrogens is 1. The molecular formula is C27H26N2O5. The summed E-state index contributed by atoms with van der Waals surface area (Å²) in [6, 6.07) is 24.5. The highest BCUT2D eigenvalue weighted by Gasteiger charge is 2.20. The highest BCUT2D eigenvalue weighted by Crippen LogP contribution is 2.41. The van der Waals surface area contributed by atoms with Crippen LogP contribution in [0.3, 0.4) is 0 Å². The van der Waals surface area contributed by atoms with Crippen LogP contribution < -0.4 is 14.2 Å². The maximum absolute atomic E-state index is 13.3. The van der Waals surface area contributed by atoms with Gasteiger partial charge in [0, 0.05) is 23.7 Å². The monoisotopic (exact) mass is 458 g/mol. The number of hydrogen-bond acceptors (Lipinski definition) is 6. The van der Waals surface area contributed by atoms with E-state index in [1.807, 2.05) is 66.7 Å². The number of ether oxygens (including phenoxy) is 3. The molecule has 0 radical (unpaired) electrons. The molecule has 7 heteroatoms. The first-order chi connectivity index (χ1) is 16.6. The standard InChI is InChI=1S/C27H26N2O5/c1-31-24-14-21(15-25(32-2)26(24)33-3)23-16-22(28-34-23)18-29(17-19-10-6-4-7-11-19)27(30)20-12-8-5-9-13-20/h4-16H,17-18H2,1-3H3. The zero-order valence-electron chi connectivity index (χ0n) is 19.4. The summed E-state index contributed by atoms with van der Waals surface area (Å²) in [6.45, 7) is 0.734. The number of rotatable bonds is 9. The van der Waals surface area contributed by atoms with Crippen LogP contribution in [0.15, 0.2) is 83.4 Å². The van der Waals surface area contributed by atoms with Crippen molar-refractivity contribution >= 4 is 5.91 Å². The van der Waals surface area contributed by atoms with Crippen molar-refractivity contribution in [2.75, 3.05) is 21.3 Å². The van der Waals surface area contributed by atoms with E-state index in [0.717, 1.165) is 11.1 Å². The number of carbonyl (C=O) groups is 1. The fraction of sp³-hybridized carbons (Fsp3) is 0.185. The summed E-state index contributed by atoms with van der Waals surface area (Å²) in [5.74, 6) is 1.97. The summed E-state index contributed by atoms with van der Waals surface area (Å²) in [6.07, 6.45) is 0. The lowest BCUT2D eigenvalue weighted by atomic mass is 10.1. The van der Waals surface area contributed by atoms with Gasteiger partial charge in [-0.2, -0.15) is 0 Å². The third-order valence-corrected chi connectivity index (χ3v) is 5.39. The Morgan fingerprint density at radius 1 is 0.824 bits per heavy atom. The number of nitrogens with zero attached hydrogens (tertiary/aromatic N) is 2. The minimum Gasteiger partial charge on any atom is -0.493 e. The molecule has 0 saturated heterocycles. The smallest absolute Gasteiger partial charge is 0.254 e. The molecular weight excluding hydrogens is 432 g/mol. The Bertz CT molecular complexity index is 1210. The number of benzene rings is 3. The van der Waals surface area contributed by atoms with Gasteiger partial charge >= 0.3 is 0 Å². The lowest BCUT2D eigenvalue weighted by molar-refractivity contribution is 0.0726. The van der Waals surface area contributed by atoms with E-state index in [0.29, 0.717) is 40.8 Å². The summed E-state index contributed by atoms with van der Waals surface area (Å²) in [5, 5.41) is 4.22. The third kappa shape index (κ3) is 5.04. The number of amides is 1. The van der Waals surface area contributed by atoms with Gasteiger partial charge in [-0.15, -0.1) is 0 Å². The largest absolute Gasteiger partial charge is 0.493 e.